The van der Waals surface area contributed by atoms with Gasteiger partial charge in [-0.3, -0.25) is 4.79 Å². The van der Waals surface area contributed by atoms with Crippen molar-refractivity contribution in [3.05, 3.63) is 0 Å². The van der Waals surface area contributed by atoms with E-state index in [1.54, 1.807) is 0 Å². The minimum Gasteiger partial charge on any atom is -0.370 e. The quantitative estimate of drug-likeness (QED) is 0.663. The van der Waals surface area contributed by atoms with Gasteiger partial charge in [0.2, 0.25) is 5.91 Å². The third-order valence-electron chi connectivity index (χ3n) is 3.11. The highest BCUT2D eigenvalue weighted by atomic mass is 16.1. The molecule has 0 unspecified atom stereocenters. The molecule has 0 aliphatic heterocycles. The Balaban J connectivity index is 2.45. The Hall–Kier alpha value is -1.01. The van der Waals surface area contributed by atoms with Crippen molar-refractivity contribution < 1.29 is 4.79 Å². The number of hydrogen-bond acceptors (Lipinski definition) is 2. The van der Waals surface area contributed by atoms with Gasteiger partial charge in [0.25, 0.3) is 0 Å². The third kappa shape index (κ3) is 4.35. The van der Waals surface area contributed by atoms with Crippen molar-refractivity contribution in [2.24, 2.45) is 11.7 Å². The maximum absolute atomic E-state index is 10.9. The van der Waals surface area contributed by atoms with E-state index in [-0.39, 0.29) is 11.9 Å². The number of amides is 1. The molecule has 0 bridgehead atoms. The van der Waals surface area contributed by atoms with Crippen molar-refractivity contribution in [3.8, 4) is 12.3 Å². The molecule has 1 aliphatic carbocycles. The summed E-state index contributed by atoms with van der Waals surface area (Å²) >= 11 is 0. The first-order valence-corrected chi connectivity index (χ1v) is 5.69. The number of carbonyl (C=O) groups excluding carboxylic acids is 1. The van der Waals surface area contributed by atoms with Crippen LogP contribution in [0.3, 0.4) is 0 Å². The predicted molar refractivity (Wildman–Crippen MR) is 61.0 cm³/mol. The fourth-order valence-corrected chi connectivity index (χ4v) is 2.35. The molecule has 0 spiro atoms. The van der Waals surface area contributed by atoms with Crippen LogP contribution in [0.25, 0.3) is 0 Å². The number of carbonyl (C=O) groups is 1. The lowest BCUT2D eigenvalue weighted by Crippen LogP contribution is -2.40. The van der Waals surface area contributed by atoms with E-state index in [1.165, 1.54) is 32.1 Å². The van der Waals surface area contributed by atoms with Crippen molar-refractivity contribution in [3.63, 3.8) is 0 Å². The molecule has 0 radical (unpaired) electrons. The van der Waals surface area contributed by atoms with Crippen LogP contribution >= 0.6 is 0 Å². The first-order chi connectivity index (χ1) is 7.24. The molecule has 3 nitrogen and oxygen atoms in total. The molecule has 84 valence electrons. The summed E-state index contributed by atoms with van der Waals surface area (Å²) in [7, 11) is 0. The van der Waals surface area contributed by atoms with Crippen LogP contribution in [0.4, 0.5) is 0 Å². The molecular weight excluding hydrogens is 188 g/mol. The van der Waals surface area contributed by atoms with Crippen LogP contribution in [0.2, 0.25) is 0 Å². The van der Waals surface area contributed by atoms with Crippen molar-refractivity contribution in [2.75, 3.05) is 6.54 Å². The minimum absolute atomic E-state index is 0.179. The Kier molecular flexibility index (Phi) is 5.20. The molecular formula is C12H20N2O. The van der Waals surface area contributed by atoms with E-state index < -0.39 is 0 Å². The summed E-state index contributed by atoms with van der Waals surface area (Å²) in [4.78, 5) is 10.9. The summed E-state index contributed by atoms with van der Waals surface area (Å²) in [5.74, 6) is 2.88. The summed E-state index contributed by atoms with van der Waals surface area (Å²) in [6.45, 7) is 0.522. The molecule has 0 aromatic heterocycles. The van der Waals surface area contributed by atoms with Gasteiger partial charge in [-0.05, 0) is 18.8 Å². The number of nitrogens with two attached hydrogens (primary N) is 1. The Morgan fingerprint density at radius 2 is 2.13 bits per heavy atom. The zero-order valence-corrected chi connectivity index (χ0v) is 9.17. The topological polar surface area (TPSA) is 55.1 Å². The van der Waals surface area contributed by atoms with E-state index in [4.69, 9.17) is 12.2 Å². The molecule has 0 heterocycles. The monoisotopic (exact) mass is 208 g/mol. The van der Waals surface area contributed by atoms with E-state index in [0.29, 0.717) is 18.9 Å². The zero-order chi connectivity index (χ0) is 11.1. The summed E-state index contributed by atoms with van der Waals surface area (Å²) in [6, 6.07) is 0.179. The van der Waals surface area contributed by atoms with Crippen LogP contribution in [0, 0.1) is 18.3 Å². The second-order valence-corrected chi connectivity index (χ2v) is 4.26. The van der Waals surface area contributed by atoms with E-state index in [2.05, 4.69) is 11.2 Å². The maximum Gasteiger partial charge on any atom is 0.218 e. The van der Waals surface area contributed by atoms with Crippen molar-refractivity contribution in [1.29, 1.82) is 0 Å². The minimum atomic E-state index is -0.241. The fraction of sp³-hybridized carbons (Fsp3) is 0.750. The average Bonchev–Trinajstić information content (AvgIpc) is 2.25. The summed E-state index contributed by atoms with van der Waals surface area (Å²) in [5.41, 5.74) is 5.24. The van der Waals surface area contributed by atoms with Crippen LogP contribution in [0.5, 0.6) is 0 Å². The van der Waals surface area contributed by atoms with Crippen LogP contribution in [-0.2, 0) is 4.79 Å². The molecule has 0 aromatic rings. The second-order valence-electron chi connectivity index (χ2n) is 4.26. The van der Waals surface area contributed by atoms with E-state index in [1.807, 2.05) is 0 Å². The lowest BCUT2D eigenvalue weighted by atomic mass is 9.82. The van der Waals surface area contributed by atoms with Crippen LogP contribution in [-0.4, -0.2) is 18.5 Å². The SMILES string of the molecule is C#CCN[C@@H](CC(N)=O)C1CCCCC1. The molecule has 1 fully saturated rings. The Morgan fingerprint density at radius 3 is 2.67 bits per heavy atom. The van der Waals surface area contributed by atoms with Gasteiger partial charge in [-0.2, -0.15) is 0 Å². The molecule has 3 N–H and O–H groups in total. The summed E-state index contributed by atoms with van der Waals surface area (Å²) in [5, 5.41) is 3.23. The Morgan fingerprint density at radius 1 is 1.47 bits per heavy atom. The lowest BCUT2D eigenvalue weighted by Gasteiger charge is -2.29. The van der Waals surface area contributed by atoms with Gasteiger partial charge < -0.3 is 11.1 Å². The number of nitrogens with one attached hydrogen (secondary N) is 1. The standard InChI is InChI=1S/C12H20N2O/c1-2-8-14-11(9-12(13)15)10-6-4-3-5-7-10/h1,10-11,14H,3-9H2,(H2,13,15)/t11-/m0/s1. The zero-order valence-electron chi connectivity index (χ0n) is 9.17. The van der Waals surface area contributed by atoms with Gasteiger partial charge in [0.1, 0.15) is 0 Å². The van der Waals surface area contributed by atoms with Crippen molar-refractivity contribution in [2.45, 2.75) is 44.6 Å². The van der Waals surface area contributed by atoms with E-state index >= 15 is 0 Å². The molecule has 1 rings (SSSR count). The number of primary amides is 1. The van der Waals surface area contributed by atoms with Gasteiger partial charge >= 0.3 is 0 Å². The van der Waals surface area contributed by atoms with Gasteiger partial charge in [-0.1, -0.05) is 25.2 Å². The Labute approximate surface area is 91.8 Å². The van der Waals surface area contributed by atoms with Crippen LogP contribution in [0.1, 0.15) is 38.5 Å². The first-order valence-electron chi connectivity index (χ1n) is 5.69. The van der Waals surface area contributed by atoms with Crippen molar-refractivity contribution >= 4 is 5.91 Å². The number of hydrogen-bond donors (Lipinski definition) is 2. The summed E-state index contributed by atoms with van der Waals surface area (Å²) in [6.07, 6.45) is 11.8. The van der Waals surface area contributed by atoms with Crippen molar-refractivity contribution in [1.82, 2.24) is 5.32 Å². The van der Waals surface area contributed by atoms with Gasteiger partial charge in [0.05, 0.1) is 6.54 Å². The highest BCUT2D eigenvalue weighted by molar-refractivity contribution is 5.74. The van der Waals surface area contributed by atoms with Gasteiger partial charge in [-0.25, -0.2) is 0 Å². The van der Waals surface area contributed by atoms with E-state index in [0.717, 1.165) is 0 Å². The maximum atomic E-state index is 10.9. The normalized spacial score (nSPS) is 19.4. The molecule has 1 atom stereocenters. The Bertz CT molecular complexity index is 238. The largest absolute Gasteiger partial charge is 0.370 e. The molecule has 3 heteroatoms. The fourth-order valence-electron chi connectivity index (χ4n) is 2.35. The van der Waals surface area contributed by atoms with E-state index in [9.17, 15) is 4.79 Å². The molecule has 0 saturated heterocycles. The molecule has 0 aromatic carbocycles. The average molecular weight is 208 g/mol. The molecule has 1 saturated carbocycles. The number of rotatable bonds is 5. The molecule has 1 aliphatic rings. The van der Waals surface area contributed by atoms with Gasteiger partial charge in [0.15, 0.2) is 0 Å². The smallest absolute Gasteiger partial charge is 0.218 e. The highest BCUT2D eigenvalue weighted by Gasteiger charge is 2.24. The van der Waals surface area contributed by atoms with Gasteiger partial charge in [-0.15, -0.1) is 6.42 Å². The number of terminal acetylenes is 1. The second kappa shape index (κ2) is 6.47. The highest BCUT2D eigenvalue weighted by Crippen LogP contribution is 2.27. The third-order valence-corrected chi connectivity index (χ3v) is 3.11. The first kappa shape index (κ1) is 12.1. The van der Waals surface area contributed by atoms with Crippen LogP contribution < -0.4 is 11.1 Å². The van der Waals surface area contributed by atoms with Crippen LogP contribution in [0.15, 0.2) is 0 Å². The molecule has 15 heavy (non-hydrogen) atoms. The predicted octanol–water partition coefficient (Wildman–Crippen LogP) is 1.03. The lowest BCUT2D eigenvalue weighted by molar-refractivity contribution is -0.118. The molecule has 1 amide bonds. The summed E-state index contributed by atoms with van der Waals surface area (Å²) < 4.78 is 0. The van der Waals surface area contributed by atoms with Gasteiger partial charge in [0, 0.05) is 12.5 Å².